The third kappa shape index (κ3) is 3.48. The normalized spacial score (nSPS) is 18.3. The summed E-state index contributed by atoms with van der Waals surface area (Å²) in [6.07, 6.45) is 4.91. The van der Waals surface area contributed by atoms with Gasteiger partial charge in [0.25, 0.3) is 0 Å². The fraction of sp³-hybridized carbons (Fsp3) is 0.786. The first kappa shape index (κ1) is 14.3. The monoisotopic (exact) mass is 267 g/mol. The van der Waals surface area contributed by atoms with Gasteiger partial charge in [0, 0.05) is 37.5 Å². The molecule has 1 aliphatic heterocycles. The van der Waals surface area contributed by atoms with Crippen LogP contribution in [0.3, 0.4) is 0 Å². The number of imidazole rings is 1. The summed E-state index contributed by atoms with van der Waals surface area (Å²) in [4.78, 5) is 16.9. The van der Waals surface area contributed by atoms with Gasteiger partial charge in [0.2, 0.25) is 0 Å². The zero-order valence-electron chi connectivity index (χ0n) is 11.9. The van der Waals surface area contributed by atoms with E-state index in [1.54, 1.807) is 0 Å². The third-order valence-corrected chi connectivity index (χ3v) is 4.06. The second-order valence-electron chi connectivity index (χ2n) is 5.77. The molecular formula is C14H25N3O2. The Morgan fingerprint density at radius 2 is 2.11 bits per heavy atom. The number of nitrogens with zero attached hydrogens (tertiary/aromatic N) is 2. The number of hydrogen-bond acceptors (Lipinski definition) is 3. The maximum absolute atomic E-state index is 11.7. The second-order valence-corrected chi connectivity index (χ2v) is 5.77. The molecule has 0 amide bonds. The average molecular weight is 267 g/mol. The molecule has 0 aliphatic carbocycles. The first-order valence-electron chi connectivity index (χ1n) is 7.23. The van der Waals surface area contributed by atoms with Gasteiger partial charge in [-0.15, -0.1) is 0 Å². The largest absolute Gasteiger partial charge is 0.396 e. The Bertz CT molecular complexity index is 442. The molecule has 108 valence electrons. The molecule has 2 heterocycles. The minimum absolute atomic E-state index is 0.0102. The Balaban J connectivity index is 1.88. The quantitative estimate of drug-likeness (QED) is 0.837. The van der Waals surface area contributed by atoms with Crippen molar-refractivity contribution in [3.63, 3.8) is 0 Å². The Hall–Kier alpha value is -1.07. The summed E-state index contributed by atoms with van der Waals surface area (Å²) in [6, 6.07) is 0.203. The Morgan fingerprint density at radius 1 is 1.42 bits per heavy atom. The van der Waals surface area contributed by atoms with E-state index in [0.717, 1.165) is 44.6 Å². The van der Waals surface area contributed by atoms with Gasteiger partial charge in [-0.1, -0.05) is 0 Å². The first-order chi connectivity index (χ1) is 9.11. The van der Waals surface area contributed by atoms with Crippen molar-refractivity contribution in [2.24, 2.45) is 5.92 Å². The Kier molecular flexibility index (Phi) is 4.82. The SMILES string of the molecule is CC(C)n1c(CCN2CCC(CO)CC2)c[nH]c1=O. The number of aliphatic hydroxyl groups is 1. The molecule has 0 radical (unpaired) electrons. The summed E-state index contributed by atoms with van der Waals surface area (Å²) in [5.41, 5.74) is 1.08. The van der Waals surface area contributed by atoms with Crippen LogP contribution in [0.1, 0.15) is 38.4 Å². The summed E-state index contributed by atoms with van der Waals surface area (Å²) in [5, 5.41) is 9.12. The van der Waals surface area contributed by atoms with Crippen LogP contribution < -0.4 is 5.69 Å². The maximum atomic E-state index is 11.7. The fourth-order valence-electron chi connectivity index (χ4n) is 2.84. The van der Waals surface area contributed by atoms with Gasteiger partial charge < -0.3 is 15.0 Å². The Morgan fingerprint density at radius 3 is 2.68 bits per heavy atom. The lowest BCUT2D eigenvalue weighted by molar-refractivity contribution is 0.132. The van der Waals surface area contributed by atoms with Gasteiger partial charge in [-0.25, -0.2) is 4.79 Å². The molecule has 0 saturated carbocycles. The highest BCUT2D eigenvalue weighted by atomic mass is 16.3. The van der Waals surface area contributed by atoms with E-state index in [2.05, 4.69) is 9.88 Å². The minimum Gasteiger partial charge on any atom is -0.396 e. The molecular weight excluding hydrogens is 242 g/mol. The lowest BCUT2D eigenvalue weighted by Gasteiger charge is -2.31. The number of aliphatic hydroxyl groups excluding tert-OH is 1. The lowest BCUT2D eigenvalue weighted by Crippen LogP contribution is -2.36. The van der Waals surface area contributed by atoms with Crippen molar-refractivity contribution in [2.45, 2.75) is 39.2 Å². The molecule has 0 bridgehead atoms. The molecule has 5 nitrogen and oxygen atoms in total. The van der Waals surface area contributed by atoms with Crippen LogP contribution in [0.15, 0.2) is 11.0 Å². The molecule has 1 fully saturated rings. The molecule has 1 aromatic heterocycles. The van der Waals surface area contributed by atoms with Crippen molar-refractivity contribution < 1.29 is 5.11 Å². The van der Waals surface area contributed by atoms with Crippen LogP contribution in [-0.4, -0.2) is 45.8 Å². The van der Waals surface area contributed by atoms with E-state index in [1.807, 2.05) is 24.6 Å². The van der Waals surface area contributed by atoms with Crippen LogP contribution >= 0.6 is 0 Å². The molecule has 0 unspecified atom stereocenters. The predicted molar refractivity (Wildman–Crippen MR) is 75.4 cm³/mol. The van der Waals surface area contributed by atoms with E-state index >= 15 is 0 Å². The van der Waals surface area contributed by atoms with Crippen molar-refractivity contribution >= 4 is 0 Å². The smallest absolute Gasteiger partial charge is 0.325 e. The standard InChI is InChI=1S/C14H25N3O2/c1-11(2)17-13(9-15-14(17)19)5-8-16-6-3-12(10-18)4-7-16/h9,11-12,18H,3-8,10H2,1-2H3,(H,15,19). The zero-order chi connectivity index (χ0) is 13.8. The molecule has 1 saturated heterocycles. The number of likely N-dealkylation sites (tertiary alicyclic amines) is 1. The van der Waals surface area contributed by atoms with Gasteiger partial charge in [-0.3, -0.25) is 4.57 Å². The molecule has 1 aliphatic rings. The van der Waals surface area contributed by atoms with Crippen molar-refractivity contribution in [3.05, 3.63) is 22.4 Å². The number of aromatic nitrogens is 2. The van der Waals surface area contributed by atoms with Crippen molar-refractivity contribution in [3.8, 4) is 0 Å². The number of nitrogens with one attached hydrogen (secondary N) is 1. The topological polar surface area (TPSA) is 61.3 Å². The zero-order valence-corrected chi connectivity index (χ0v) is 11.9. The van der Waals surface area contributed by atoms with E-state index < -0.39 is 0 Å². The van der Waals surface area contributed by atoms with E-state index in [0.29, 0.717) is 12.5 Å². The highest BCUT2D eigenvalue weighted by molar-refractivity contribution is 5.01. The highest BCUT2D eigenvalue weighted by Crippen LogP contribution is 2.16. The van der Waals surface area contributed by atoms with Crippen LogP contribution in [0, 0.1) is 5.92 Å². The van der Waals surface area contributed by atoms with E-state index in [1.165, 1.54) is 0 Å². The van der Waals surface area contributed by atoms with Crippen molar-refractivity contribution in [2.75, 3.05) is 26.2 Å². The van der Waals surface area contributed by atoms with Crippen LogP contribution in [0.5, 0.6) is 0 Å². The van der Waals surface area contributed by atoms with Gasteiger partial charge in [0.1, 0.15) is 0 Å². The summed E-state index contributed by atoms with van der Waals surface area (Å²) in [5.74, 6) is 0.484. The van der Waals surface area contributed by atoms with Gasteiger partial charge in [-0.2, -0.15) is 0 Å². The molecule has 0 atom stereocenters. The summed E-state index contributed by atoms with van der Waals surface area (Å²) < 4.78 is 1.83. The lowest BCUT2D eigenvalue weighted by atomic mass is 9.98. The molecule has 5 heteroatoms. The number of rotatable bonds is 5. The molecule has 0 spiro atoms. The van der Waals surface area contributed by atoms with Gasteiger partial charge >= 0.3 is 5.69 Å². The third-order valence-electron chi connectivity index (χ3n) is 4.06. The summed E-state index contributed by atoms with van der Waals surface area (Å²) >= 11 is 0. The number of aromatic amines is 1. The molecule has 2 N–H and O–H groups in total. The van der Waals surface area contributed by atoms with E-state index in [4.69, 9.17) is 5.11 Å². The second kappa shape index (κ2) is 6.39. The number of piperidine rings is 1. The van der Waals surface area contributed by atoms with Crippen LogP contribution in [0.25, 0.3) is 0 Å². The van der Waals surface area contributed by atoms with Gasteiger partial charge in [0.05, 0.1) is 0 Å². The minimum atomic E-state index is -0.0102. The van der Waals surface area contributed by atoms with Gasteiger partial charge in [0.15, 0.2) is 0 Å². The van der Waals surface area contributed by atoms with E-state index in [9.17, 15) is 4.79 Å². The van der Waals surface area contributed by atoms with Crippen molar-refractivity contribution in [1.82, 2.24) is 14.5 Å². The summed E-state index contributed by atoms with van der Waals surface area (Å²) in [7, 11) is 0. The molecule has 1 aromatic rings. The van der Waals surface area contributed by atoms with Crippen molar-refractivity contribution in [1.29, 1.82) is 0 Å². The average Bonchev–Trinajstić information content (AvgIpc) is 2.78. The molecule has 2 rings (SSSR count). The van der Waals surface area contributed by atoms with E-state index in [-0.39, 0.29) is 11.7 Å². The van der Waals surface area contributed by atoms with Crippen LogP contribution in [-0.2, 0) is 6.42 Å². The molecule has 19 heavy (non-hydrogen) atoms. The number of H-pyrrole nitrogens is 1. The predicted octanol–water partition coefficient (Wildman–Crippen LogP) is 1.00. The maximum Gasteiger partial charge on any atom is 0.325 e. The Labute approximate surface area is 114 Å². The summed E-state index contributed by atoms with van der Waals surface area (Å²) in [6.45, 7) is 7.49. The highest BCUT2D eigenvalue weighted by Gasteiger charge is 2.18. The first-order valence-corrected chi connectivity index (χ1v) is 7.23. The van der Waals surface area contributed by atoms with Crippen LogP contribution in [0.2, 0.25) is 0 Å². The number of hydrogen-bond donors (Lipinski definition) is 2. The van der Waals surface area contributed by atoms with Gasteiger partial charge in [-0.05, 0) is 45.7 Å². The molecule has 0 aromatic carbocycles. The fourth-order valence-corrected chi connectivity index (χ4v) is 2.84. The van der Waals surface area contributed by atoms with Crippen LogP contribution in [0.4, 0.5) is 0 Å².